The second kappa shape index (κ2) is 5.74. The molecule has 0 amide bonds. The van der Waals surface area contributed by atoms with Gasteiger partial charge in [-0.3, -0.25) is 4.98 Å². The van der Waals surface area contributed by atoms with Crippen molar-refractivity contribution in [1.82, 2.24) is 4.98 Å². The van der Waals surface area contributed by atoms with Crippen molar-refractivity contribution < 1.29 is 0 Å². The van der Waals surface area contributed by atoms with Gasteiger partial charge in [0, 0.05) is 12.4 Å². The van der Waals surface area contributed by atoms with Gasteiger partial charge in [0.15, 0.2) is 0 Å². The lowest BCUT2D eigenvalue weighted by Gasteiger charge is -2.13. The van der Waals surface area contributed by atoms with Crippen molar-refractivity contribution in [3.63, 3.8) is 0 Å². The van der Waals surface area contributed by atoms with E-state index >= 15 is 0 Å². The number of rotatable bonds is 5. The maximum absolute atomic E-state index is 4.04. The smallest absolute Gasteiger partial charge is 0.0270 e. The second-order valence-corrected chi connectivity index (χ2v) is 3.53. The van der Waals surface area contributed by atoms with Crippen LogP contribution in [0.3, 0.4) is 0 Å². The minimum Gasteiger partial charge on any atom is -0.265 e. The van der Waals surface area contributed by atoms with E-state index in [0.29, 0.717) is 0 Å². The Hall–Kier alpha value is -0.850. The van der Waals surface area contributed by atoms with E-state index in [0.717, 1.165) is 5.92 Å². The summed E-state index contributed by atoms with van der Waals surface area (Å²) in [4.78, 5) is 4.04. The Bertz CT molecular complexity index is 218. The van der Waals surface area contributed by atoms with Crippen molar-refractivity contribution in [2.45, 2.75) is 45.4 Å². The third-order valence-electron chi connectivity index (χ3n) is 2.58. The fourth-order valence-corrected chi connectivity index (χ4v) is 1.69. The van der Waals surface area contributed by atoms with Crippen LogP contribution in [0.25, 0.3) is 0 Å². The standard InChI is InChI=1S/C12H19N/c1-3-5-6-11(4-2)12-7-9-13-10-8-12/h7-11H,3-6H2,1-2H3. The SMILES string of the molecule is CCCCC(CC)c1ccncc1. The van der Waals surface area contributed by atoms with E-state index in [1.54, 1.807) is 0 Å². The van der Waals surface area contributed by atoms with E-state index in [4.69, 9.17) is 0 Å². The van der Waals surface area contributed by atoms with E-state index in [1.165, 1.54) is 31.2 Å². The Morgan fingerprint density at radius 1 is 1.23 bits per heavy atom. The van der Waals surface area contributed by atoms with Crippen molar-refractivity contribution >= 4 is 0 Å². The molecule has 0 aliphatic rings. The summed E-state index contributed by atoms with van der Waals surface area (Å²) in [6.45, 7) is 4.51. The molecule has 1 heteroatoms. The maximum Gasteiger partial charge on any atom is 0.0270 e. The minimum absolute atomic E-state index is 0.739. The van der Waals surface area contributed by atoms with E-state index < -0.39 is 0 Å². The zero-order chi connectivity index (χ0) is 9.52. The fourth-order valence-electron chi connectivity index (χ4n) is 1.69. The molecule has 0 bridgehead atoms. The summed E-state index contributed by atoms with van der Waals surface area (Å²) in [5, 5.41) is 0. The van der Waals surface area contributed by atoms with Crippen LogP contribution in [0.4, 0.5) is 0 Å². The summed E-state index contributed by atoms with van der Waals surface area (Å²) >= 11 is 0. The number of hydrogen-bond donors (Lipinski definition) is 0. The topological polar surface area (TPSA) is 12.9 Å². The van der Waals surface area contributed by atoms with Crippen LogP contribution in [0.2, 0.25) is 0 Å². The number of pyridine rings is 1. The Morgan fingerprint density at radius 3 is 2.46 bits per heavy atom. The Kier molecular flexibility index (Phi) is 4.52. The van der Waals surface area contributed by atoms with Gasteiger partial charge in [0.05, 0.1) is 0 Å². The van der Waals surface area contributed by atoms with Gasteiger partial charge in [-0.25, -0.2) is 0 Å². The highest BCUT2D eigenvalue weighted by Gasteiger charge is 2.07. The van der Waals surface area contributed by atoms with Gasteiger partial charge in [0.25, 0.3) is 0 Å². The lowest BCUT2D eigenvalue weighted by molar-refractivity contribution is 0.569. The van der Waals surface area contributed by atoms with Gasteiger partial charge in [-0.05, 0) is 36.5 Å². The van der Waals surface area contributed by atoms with E-state index in [2.05, 4.69) is 31.0 Å². The summed E-state index contributed by atoms with van der Waals surface area (Å²) in [6, 6.07) is 4.29. The molecule has 0 aliphatic carbocycles. The van der Waals surface area contributed by atoms with Crippen molar-refractivity contribution in [3.05, 3.63) is 30.1 Å². The number of hydrogen-bond acceptors (Lipinski definition) is 1. The molecule has 72 valence electrons. The largest absolute Gasteiger partial charge is 0.265 e. The number of unbranched alkanes of at least 4 members (excludes halogenated alkanes) is 1. The minimum atomic E-state index is 0.739. The monoisotopic (exact) mass is 177 g/mol. The first-order valence-corrected chi connectivity index (χ1v) is 5.28. The highest BCUT2D eigenvalue weighted by molar-refractivity contribution is 5.15. The number of aromatic nitrogens is 1. The highest BCUT2D eigenvalue weighted by Crippen LogP contribution is 2.24. The fraction of sp³-hybridized carbons (Fsp3) is 0.583. The average Bonchev–Trinajstić information content (AvgIpc) is 2.21. The lowest BCUT2D eigenvalue weighted by atomic mass is 9.92. The molecule has 1 heterocycles. The molecule has 0 radical (unpaired) electrons. The Morgan fingerprint density at radius 2 is 1.92 bits per heavy atom. The molecular weight excluding hydrogens is 158 g/mol. The Balaban J connectivity index is 2.56. The van der Waals surface area contributed by atoms with E-state index in [-0.39, 0.29) is 0 Å². The number of nitrogens with zero attached hydrogens (tertiary/aromatic N) is 1. The van der Waals surface area contributed by atoms with Crippen LogP contribution < -0.4 is 0 Å². The van der Waals surface area contributed by atoms with Gasteiger partial charge >= 0.3 is 0 Å². The van der Waals surface area contributed by atoms with Crippen molar-refractivity contribution in [3.8, 4) is 0 Å². The van der Waals surface area contributed by atoms with E-state index in [9.17, 15) is 0 Å². The van der Waals surface area contributed by atoms with Crippen LogP contribution in [0.1, 0.15) is 51.0 Å². The predicted octanol–water partition coefficient (Wildman–Crippen LogP) is 3.77. The summed E-state index contributed by atoms with van der Waals surface area (Å²) in [5.74, 6) is 0.739. The highest BCUT2D eigenvalue weighted by atomic mass is 14.6. The van der Waals surface area contributed by atoms with Crippen LogP contribution >= 0.6 is 0 Å². The zero-order valence-electron chi connectivity index (χ0n) is 8.66. The molecular formula is C12H19N. The van der Waals surface area contributed by atoms with Crippen molar-refractivity contribution in [1.29, 1.82) is 0 Å². The molecule has 1 rings (SSSR count). The molecule has 1 aromatic rings. The third kappa shape index (κ3) is 3.17. The molecule has 1 unspecified atom stereocenters. The maximum atomic E-state index is 4.04. The molecule has 1 nitrogen and oxygen atoms in total. The first kappa shape index (κ1) is 10.2. The quantitative estimate of drug-likeness (QED) is 0.667. The molecule has 0 saturated heterocycles. The molecule has 0 fully saturated rings. The zero-order valence-corrected chi connectivity index (χ0v) is 8.66. The van der Waals surface area contributed by atoms with Crippen molar-refractivity contribution in [2.75, 3.05) is 0 Å². The van der Waals surface area contributed by atoms with Crippen LogP contribution in [0.5, 0.6) is 0 Å². The van der Waals surface area contributed by atoms with Gasteiger partial charge in [-0.2, -0.15) is 0 Å². The van der Waals surface area contributed by atoms with Crippen LogP contribution in [-0.2, 0) is 0 Å². The molecule has 0 aliphatic heterocycles. The van der Waals surface area contributed by atoms with Gasteiger partial charge in [0.1, 0.15) is 0 Å². The van der Waals surface area contributed by atoms with Crippen LogP contribution in [-0.4, -0.2) is 4.98 Å². The summed E-state index contributed by atoms with van der Waals surface area (Å²) in [6.07, 6.45) is 8.97. The van der Waals surface area contributed by atoms with Crippen molar-refractivity contribution in [2.24, 2.45) is 0 Å². The van der Waals surface area contributed by atoms with Crippen LogP contribution in [0, 0.1) is 0 Å². The van der Waals surface area contributed by atoms with E-state index in [1.807, 2.05) is 12.4 Å². The molecule has 0 N–H and O–H groups in total. The molecule has 0 aromatic carbocycles. The second-order valence-electron chi connectivity index (χ2n) is 3.53. The molecule has 13 heavy (non-hydrogen) atoms. The molecule has 0 saturated carbocycles. The normalized spacial score (nSPS) is 12.8. The van der Waals surface area contributed by atoms with Gasteiger partial charge in [-0.1, -0.05) is 26.7 Å². The van der Waals surface area contributed by atoms with Gasteiger partial charge in [0.2, 0.25) is 0 Å². The van der Waals surface area contributed by atoms with Crippen LogP contribution in [0.15, 0.2) is 24.5 Å². The Labute approximate surface area is 81.2 Å². The van der Waals surface area contributed by atoms with Gasteiger partial charge in [-0.15, -0.1) is 0 Å². The molecule has 1 aromatic heterocycles. The first-order valence-electron chi connectivity index (χ1n) is 5.28. The first-order chi connectivity index (χ1) is 6.38. The molecule has 0 spiro atoms. The lowest BCUT2D eigenvalue weighted by Crippen LogP contribution is -1.97. The average molecular weight is 177 g/mol. The summed E-state index contributed by atoms with van der Waals surface area (Å²) < 4.78 is 0. The molecule has 1 atom stereocenters. The summed E-state index contributed by atoms with van der Waals surface area (Å²) in [7, 11) is 0. The summed E-state index contributed by atoms with van der Waals surface area (Å²) in [5.41, 5.74) is 1.45. The van der Waals surface area contributed by atoms with Gasteiger partial charge < -0.3 is 0 Å². The third-order valence-corrected chi connectivity index (χ3v) is 2.58. The predicted molar refractivity (Wildman–Crippen MR) is 56.8 cm³/mol.